The Bertz CT molecular complexity index is 126. The lowest BCUT2D eigenvalue weighted by Gasteiger charge is -2.09. The van der Waals surface area contributed by atoms with Crippen LogP contribution in [0.2, 0.25) is 0 Å². The molecule has 0 aromatic carbocycles. The number of hydrogen-bond donors (Lipinski definition) is 2. The van der Waals surface area contributed by atoms with Crippen LogP contribution in [0.15, 0.2) is 0 Å². The van der Waals surface area contributed by atoms with Gasteiger partial charge in [-0.1, -0.05) is 0 Å². The number of hydrogen-bond acceptors (Lipinski definition) is 3. The average molecular weight is 147 g/mol. The van der Waals surface area contributed by atoms with Gasteiger partial charge in [0.2, 0.25) is 0 Å². The standard InChI is InChI=1S/C5H11BFNO2/c6-5-3(7)4(9)2(1-8)10-5/h2-5,9H,1,6,8H2/t2-,3+,4?,5-/m1/s1. The SMILES string of the molecule is B[C@@H]1O[C@H](CN)C(O)[C@@H]1F. The van der Waals surface area contributed by atoms with E-state index in [-0.39, 0.29) is 6.54 Å². The van der Waals surface area contributed by atoms with Crippen LogP contribution in [0.4, 0.5) is 4.39 Å². The second kappa shape index (κ2) is 2.86. The lowest BCUT2D eigenvalue weighted by Crippen LogP contribution is -2.33. The molecular weight excluding hydrogens is 136 g/mol. The molecule has 1 aliphatic rings. The largest absolute Gasteiger partial charge is 0.387 e. The minimum absolute atomic E-state index is 0.173. The molecule has 0 spiro atoms. The molecule has 0 amide bonds. The molecule has 1 saturated heterocycles. The van der Waals surface area contributed by atoms with E-state index in [9.17, 15) is 4.39 Å². The Morgan fingerprint density at radius 3 is 2.50 bits per heavy atom. The van der Waals surface area contributed by atoms with Crippen molar-refractivity contribution in [1.29, 1.82) is 0 Å². The Labute approximate surface area is 59.8 Å². The highest BCUT2D eigenvalue weighted by Gasteiger charge is 2.40. The number of aliphatic hydroxyl groups excluding tert-OH is 1. The van der Waals surface area contributed by atoms with E-state index in [2.05, 4.69) is 0 Å². The third kappa shape index (κ3) is 1.16. The summed E-state index contributed by atoms with van der Waals surface area (Å²) in [6, 6.07) is -0.524. The van der Waals surface area contributed by atoms with Crippen LogP contribution in [-0.4, -0.2) is 43.9 Å². The molecule has 58 valence electrons. The molecule has 0 bridgehead atoms. The topological polar surface area (TPSA) is 55.5 Å². The average Bonchev–Trinajstić information content (AvgIpc) is 2.17. The molecule has 3 N–H and O–H groups in total. The first-order valence-electron chi connectivity index (χ1n) is 3.34. The summed E-state index contributed by atoms with van der Waals surface area (Å²) < 4.78 is 17.7. The van der Waals surface area contributed by atoms with Gasteiger partial charge in [-0.15, -0.1) is 0 Å². The summed E-state index contributed by atoms with van der Waals surface area (Å²) in [5, 5.41) is 9.05. The first-order chi connectivity index (χ1) is 4.66. The van der Waals surface area contributed by atoms with Gasteiger partial charge in [0.25, 0.3) is 0 Å². The maximum atomic E-state index is 12.7. The Kier molecular flexibility index (Phi) is 2.28. The van der Waals surface area contributed by atoms with Crippen molar-refractivity contribution in [2.45, 2.75) is 24.4 Å². The zero-order valence-corrected chi connectivity index (χ0v) is 5.83. The van der Waals surface area contributed by atoms with Gasteiger partial charge >= 0.3 is 0 Å². The first kappa shape index (κ1) is 7.98. The second-order valence-corrected chi connectivity index (χ2v) is 2.55. The van der Waals surface area contributed by atoms with Crippen LogP contribution in [0.5, 0.6) is 0 Å². The lowest BCUT2D eigenvalue weighted by molar-refractivity contribution is 0.0365. The van der Waals surface area contributed by atoms with Crippen molar-refractivity contribution in [1.82, 2.24) is 0 Å². The number of alkyl halides is 1. The lowest BCUT2D eigenvalue weighted by atomic mass is 9.94. The molecule has 1 unspecified atom stereocenters. The normalized spacial score (nSPS) is 47.9. The van der Waals surface area contributed by atoms with E-state index in [0.29, 0.717) is 0 Å². The molecule has 1 rings (SSSR count). The molecule has 0 aromatic heterocycles. The van der Waals surface area contributed by atoms with Crippen LogP contribution in [0.25, 0.3) is 0 Å². The van der Waals surface area contributed by atoms with E-state index in [4.69, 9.17) is 15.6 Å². The Balaban J connectivity index is 2.53. The van der Waals surface area contributed by atoms with Crippen LogP contribution in [0, 0.1) is 0 Å². The maximum absolute atomic E-state index is 12.7. The van der Waals surface area contributed by atoms with Gasteiger partial charge in [-0.05, 0) is 0 Å². The number of rotatable bonds is 1. The van der Waals surface area contributed by atoms with Crippen molar-refractivity contribution in [2.75, 3.05) is 6.54 Å². The van der Waals surface area contributed by atoms with Crippen molar-refractivity contribution in [3.8, 4) is 0 Å². The van der Waals surface area contributed by atoms with E-state index in [1.807, 2.05) is 0 Å². The van der Waals surface area contributed by atoms with Gasteiger partial charge in [-0.2, -0.15) is 0 Å². The Morgan fingerprint density at radius 2 is 2.30 bits per heavy atom. The molecule has 1 aliphatic heterocycles. The first-order valence-corrected chi connectivity index (χ1v) is 3.34. The zero-order valence-electron chi connectivity index (χ0n) is 5.83. The van der Waals surface area contributed by atoms with Crippen molar-refractivity contribution >= 4 is 7.85 Å². The molecule has 4 atom stereocenters. The summed E-state index contributed by atoms with van der Waals surface area (Å²) in [5.41, 5.74) is 5.20. The van der Waals surface area contributed by atoms with E-state index in [1.165, 1.54) is 0 Å². The van der Waals surface area contributed by atoms with Gasteiger partial charge in [-0.3, -0.25) is 0 Å². The van der Waals surface area contributed by atoms with Gasteiger partial charge in [0.1, 0.15) is 20.1 Å². The summed E-state index contributed by atoms with van der Waals surface area (Å²) in [6.07, 6.45) is -2.85. The maximum Gasteiger partial charge on any atom is 0.147 e. The van der Waals surface area contributed by atoms with Gasteiger partial charge in [-0.25, -0.2) is 4.39 Å². The third-order valence-corrected chi connectivity index (χ3v) is 1.78. The summed E-state index contributed by atoms with van der Waals surface area (Å²) in [6.45, 7) is 0.173. The van der Waals surface area contributed by atoms with E-state index < -0.39 is 24.4 Å². The minimum atomic E-state index is -1.28. The molecule has 5 heteroatoms. The Morgan fingerprint density at radius 1 is 1.70 bits per heavy atom. The van der Waals surface area contributed by atoms with Crippen LogP contribution >= 0.6 is 0 Å². The molecule has 10 heavy (non-hydrogen) atoms. The van der Waals surface area contributed by atoms with E-state index in [1.54, 1.807) is 7.85 Å². The van der Waals surface area contributed by atoms with E-state index >= 15 is 0 Å². The monoisotopic (exact) mass is 147 g/mol. The molecule has 0 radical (unpaired) electrons. The summed E-state index contributed by atoms with van der Waals surface area (Å²) >= 11 is 0. The van der Waals surface area contributed by atoms with Crippen LogP contribution in [0.1, 0.15) is 0 Å². The highest BCUT2D eigenvalue weighted by molar-refractivity contribution is 6.11. The highest BCUT2D eigenvalue weighted by atomic mass is 19.1. The summed E-state index contributed by atoms with van der Waals surface area (Å²) in [4.78, 5) is 0. The fourth-order valence-corrected chi connectivity index (χ4v) is 1.11. The molecule has 1 heterocycles. The second-order valence-electron chi connectivity index (χ2n) is 2.55. The van der Waals surface area contributed by atoms with Gasteiger partial charge < -0.3 is 15.6 Å². The fourth-order valence-electron chi connectivity index (χ4n) is 1.11. The fraction of sp³-hybridized carbons (Fsp3) is 1.00. The predicted molar refractivity (Wildman–Crippen MR) is 37.2 cm³/mol. The predicted octanol–water partition coefficient (Wildman–Crippen LogP) is -2.00. The smallest absolute Gasteiger partial charge is 0.147 e. The zero-order chi connectivity index (χ0) is 7.72. The van der Waals surface area contributed by atoms with Crippen LogP contribution in [0.3, 0.4) is 0 Å². The molecule has 0 aromatic rings. The molecule has 1 fully saturated rings. The van der Waals surface area contributed by atoms with Crippen molar-refractivity contribution in [2.24, 2.45) is 5.73 Å². The van der Waals surface area contributed by atoms with Gasteiger partial charge in [0, 0.05) is 6.54 Å². The molecular formula is C5H11BFNO2. The third-order valence-electron chi connectivity index (χ3n) is 1.78. The Hall–Kier alpha value is -0.125. The number of ether oxygens (including phenoxy) is 1. The van der Waals surface area contributed by atoms with Crippen LogP contribution < -0.4 is 5.73 Å². The summed E-state index contributed by atoms with van der Waals surface area (Å²) in [5.74, 6) is 0. The number of halogens is 1. The highest BCUT2D eigenvalue weighted by Crippen LogP contribution is 2.20. The summed E-state index contributed by atoms with van der Waals surface area (Å²) in [7, 11) is 1.59. The molecule has 0 saturated carbocycles. The van der Waals surface area contributed by atoms with Crippen LogP contribution in [-0.2, 0) is 4.74 Å². The number of aliphatic hydroxyl groups is 1. The molecule has 0 aliphatic carbocycles. The quantitative estimate of drug-likeness (QED) is 0.422. The van der Waals surface area contributed by atoms with Gasteiger partial charge in [0.05, 0.1) is 12.1 Å². The van der Waals surface area contributed by atoms with Crippen molar-refractivity contribution in [3.05, 3.63) is 0 Å². The number of nitrogens with two attached hydrogens (primary N) is 1. The molecule has 3 nitrogen and oxygen atoms in total. The van der Waals surface area contributed by atoms with Gasteiger partial charge in [0.15, 0.2) is 0 Å². The minimum Gasteiger partial charge on any atom is -0.387 e. The van der Waals surface area contributed by atoms with Crippen molar-refractivity contribution < 1.29 is 14.2 Å². The van der Waals surface area contributed by atoms with E-state index in [0.717, 1.165) is 0 Å². The van der Waals surface area contributed by atoms with Crippen molar-refractivity contribution in [3.63, 3.8) is 0 Å².